The minimum atomic E-state index is -0.373. The third-order valence-corrected chi connectivity index (χ3v) is 2.30. The van der Waals surface area contributed by atoms with Gasteiger partial charge in [0.15, 0.2) is 0 Å². The lowest BCUT2D eigenvalue weighted by Gasteiger charge is -2.11. The van der Waals surface area contributed by atoms with Crippen LogP contribution in [-0.4, -0.2) is 20.2 Å². The topological polar surface area (TPSA) is 35.5 Å². The van der Waals surface area contributed by atoms with E-state index >= 15 is 0 Å². The van der Waals surface area contributed by atoms with Crippen molar-refractivity contribution >= 4 is 5.97 Å². The second-order valence-corrected chi connectivity index (χ2v) is 3.61. The van der Waals surface area contributed by atoms with Crippen molar-refractivity contribution in [2.75, 3.05) is 14.2 Å². The maximum absolute atomic E-state index is 11.4. The summed E-state index contributed by atoms with van der Waals surface area (Å²) in [5, 5.41) is 0. The molecule has 0 amide bonds. The Bertz CT molecular complexity index is 356. The maximum Gasteiger partial charge on any atom is 0.341 e. The molecule has 3 nitrogen and oxygen atoms in total. The number of methoxy groups -OCH3 is 2. The van der Waals surface area contributed by atoms with Crippen LogP contribution in [0, 0.1) is 0 Å². The van der Waals surface area contributed by atoms with Gasteiger partial charge < -0.3 is 9.47 Å². The molecule has 0 heterocycles. The van der Waals surface area contributed by atoms with Gasteiger partial charge in [-0.15, -0.1) is 0 Å². The van der Waals surface area contributed by atoms with E-state index in [1.165, 1.54) is 7.11 Å². The van der Waals surface area contributed by atoms with Gasteiger partial charge in [0.2, 0.25) is 0 Å². The van der Waals surface area contributed by atoms with Crippen molar-refractivity contribution in [3.05, 3.63) is 29.3 Å². The Balaban J connectivity index is 3.15. The van der Waals surface area contributed by atoms with E-state index in [9.17, 15) is 4.79 Å². The molecule has 1 aromatic rings. The van der Waals surface area contributed by atoms with Crippen molar-refractivity contribution in [1.82, 2.24) is 0 Å². The molecule has 0 radical (unpaired) electrons. The van der Waals surface area contributed by atoms with Crippen LogP contribution in [0.25, 0.3) is 0 Å². The molecule has 0 bridgehead atoms. The van der Waals surface area contributed by atoms with Crippen LogP contribution >= 0.6 is 0 Å². The number of hydrogen-bond donors (Lipinski definition) is 0. The fourth-order valence-corrected chi connectivity index (χ4v) is 1.35. The fraction of sp³-hybridized carbons (Fsp3) is 0.417. The first-order chi connectivity index (χ1) is 7.10. The smallest absolute Gasteiger partial charge is 0.341 e. The Morgan fingerprint density at radius 2 is 1.93 bits per heavy atom. The van der Waals surface area contributed by atoms with Crippen molar-refractivity contribution in [1.29, 1.82) is 0 Å². The molecule has 15 heavy (non-hydrogen) atoms. The van der Waals surface area contributed by atoms with Gasteiger partial charge in [-0.2, -0.15) is 0 Å². The third kappa shape index (κ3) is 2.49. The highest BCUT2D eigenvalue weighted by Crippen LogP contribution is 2.25. The molecule has 0 atom stereocenters. The summed E-state index contributed by atoms with van der Waals surface area (Å²) in [6.45, 7) is 4.18. The molecule has 0 aliphatic rings. The van der Waals surface area contributed by atoms with Gasteiger partial charge in [0, 0.05) is 0 Å². The average Bonchev–Trinajstić information content (AvgIpc) is 2.27. The molecule has 0 saturated carbocycles. The first-order valence-electron chi connectivity index (χ1n) is 4.86. The highest BCUT2D eigenvalue weighted by molar-refractivity contribution is 5.92. The number of carbonyl (C=O) groups excluding carboxylic acids is 1. The molecule has 1 rings (SSSR count). The quantitative estimate of drug-likeness (QED) is 0.716. The van der Waals surface area contributed by atoms with E-state index in [4.69, 9.17) is 4.74 Å². The minimum Gasteiger partial charge on any atom is -0.496 e. The van der Waals surface area contributed by atoms with Gasteiger partial charge in [-0.3, -0.25) is 0 Å². The van der Waals surface area contributed by atoms with Crippen LogP contribution in [0.1, 0.15) is 35.7 Å². The van der Waals surface area contributed by atoms with E-state index in [2.05, 4.69) is 18.6 Å². The summed E-state index contributed by atoms with van der Waals surface area (Å²) in [5.41, 5.74) is 1.60. The molecule has 0 N–H and O–H groups in total. The van der Waals surface area contributed by atoms with Crippen LogP contribution in [0.2, 0.25) is 0 Å². The first-order valence-corrected chi connectivity index (χ1v) is 4.86. The average molecular weight is 208 g/mol. The van der Waals surface area contributed by atoms with Crippen molar-refractivity contribution in [2.45, 2.75) is 19.8 Å². The molecule has 82 valence electrons. The van der Waals surface area contributed by atoms with Gasteiger partial charge in [-0.25, -0.2) is 4.79 Å². The van der Waals surface area contributed by atoms with Crippen molar-refractivity contribution in [3.8, 4) is 5.75 Å². The van der Waals surface area contributed by atoms with Crippen molar-refractivity contribution < 1.29 is 14.3 Å². The van der Waals surface area contributed by atoms with Crippen LogP contribution < -0.4 is 4.74 Å². The number of esters is 1. The predicted molar refractivity (Wildman–Crippen MR) is 58.4 cm³/mol. The van der Waals surface area contributed by atoms with E-state index in [-0.39, 0.29) is 5.97 Å². The van der Waals surface area contributed by atoms with Gasteiger partial charge in [0.1, 0.15) is 11.3 Å². The summed E-state index contributed by atoms with van der Waals surface area (Å²) in [4.78, 5) is 11.4. The van der Waals surface area contributed by atoms with Gasteiger partial charge in [0.25, 0.3) is 0 Å². The van der Waals surface area contributed by atoms with Crippen LogP contribution in [0.15, 0.2) is 18.2 Å². The van der Waals surface area contributed by atoms with E-state index < -0.39 is 0 Å². The highest BCUT2D eigenvalue weighted by atomic mass is 16.5. The Hall–Kier alpha value is -1.51. The standard InChI is InChI=1S/C12H16O3/c1-8(2)9-5-6-10(12(13)15-4)11(7-9)14-3/h5-8H,1-4H3. The molecule has 0 unspecified atom stereocenters. The first kappa shape index (κ1) is 11.6. The highest BCUT2D eigenvalue weighted by Gasteiger charge is 2.13. The second kappa shape index (κ2) is 4.82. The Morgan fingerprint density at radius 1 is 1.27 bits per heavy atom. The predicted octanol–water partition coefficient (Wildman–Crippen LogP) is 2.61. The summed E-state index contributed by atoms with van der Waals surface area (Å²) < 4.78 is 9.82. The monoisotopic (exact) mass is 208 g/mol. The number of hydrogen-bond acceptors (Lipinski definition) is 3. The SMILES string of the molecule is COC(=O)c1ccc(C(C)C)cc1OC. The van der Waals surface area contributed by atoms with E-state index in [0.717, 1.165) is 5.56 Å². The van der Waals surface area contributed by atoms with Crippen molar-refractivity contribution in [2.24, 2.45) is 0 Å². The van der Waals surface area contributed by atoms with Gasteiger partial charge >= 0.3 is 5.97 Å². The fourth-order valence-electron chi connectivity index (χ4n) is 1.35. The Kier molecular flexibility index (Phi) is 3.72. The zero-order valence-corrected chi connectivity index (χ0v) is 9.53. The molecule has 1 aromatic carbocycles. The second-order valence-electron chi connectivity index (χ2n) is 3.61. The number of rotatable bonds is 3. The third-order valence-electron chi connectivity index (χ3n) is 2.30. The van der Waals surface area contributed by atoms with Crippen LogP contribution in [-0.2, 0) is 4.74 Å². The molecular weight excluding hydrogens is 192 g/mol. The molecule has 3 heteroatoms. The number of ether oxygens (including phenoxy) is 2. The summed E-state index contributed by atoms with van der Waals surface area (Å²) in [7, 11) is 2.91. The largest absolute Gasteiger partial charge is 0.496 e. The van der Waals surface area contributed by atoms with Gasteiger partial charge in [-0.1, -0.05) is 19.9 Å². The molecule has 0 saturated heterocycles. The molecule has 0 spiro atoms. The molecule has 0 aromatic heterocycles. The van der Waals surface area contributed by atoms with Crippen LogP contribution in [0.4, 0.5) is 0 Å². The van der Waals surface area contributed by atoms with Crippen LogP contribution in [0.3, 0.4) is 0 Å². The number of benzene rings is 1. The summed E-state index contributed by atoms with van der Waals surface area (Å²) >= 11 is 0. The summed E-state index contributed by atoms with van der Waals surface area (Å²) in [6, 6.07) is 5.52. The zero-order valence-electron chi connectivity index (χ0n) is 9.53. The lowest BCUT2D eigenvalue weighted by atomic mass is 10.0. The van der Waals surface area contributed by atoms with E-state index in [1.807, 2.05) is 12.1 Å². The zero-order chi connectivity index (χ0) is 11.4. The molecular formula is C12H16O3. The van der Waals surface area contributed by atoms with Crippen molar-refractivity contribution in [3.63, 3.8) is 0 Å². The Labute approximate surface area is 90.0 Å². The van der Waals surface area contributed by atoms with E-state index in [0.29, 0.717) is 17.2 Å². The summed E-state index contributed by atoms with van der Waals surface area (Å²) in [5.74, 6) is 0.598. The molecule has 0 fully saturated rings. The van der Waals surface area contributed by atoms with Gasteiger partial charge in [0.05, 0.1) is 14.2 Å². The summed E-state index contributed by atoms with van der Waals surface area (Å²) in [6.07, 6.45) is 0. The molecule has 0 aliphatic heterocycles. The normalized spacial score (nSPS) is 10.2. The Morgan fingerprint density at radius 3 is 2.40 bits per heavy atom. The number of carbonyl (C=O) groups is 1. The minimum absolute atomic E-state index is 0.373. The van der Waals surface area contributed by atoms with E-state index in [1.54, 1.807) is 13.2 Å². The lowest BCUT2D eigenvalue weighted by molar-refractivity contribution is 0.0597. The maximum atomic E-state index is 11.4. The van der Waals surface area contributed by atoms with Crippen LogP contribution in [0.5, 0.6) is 5.75 Å². The van der Waals surface area contributed by atoms with Gasteiger partial charge in [-0.05, 0) is 23.6 Å². The lowest BCUT2D eigenvalue weighted by Crippen LogP contribution is -2.04. The molecule has 0 aliphatic carbocycles.